The number of benzene rings is 2. The molecule has 310 valence electrons. The van der Waals surface area contributed by atoms with Crippen LogP contribution in [0.1, 0.15) is 57.0 Å². The van der Waals surface area contributed by atoms with Gasteiger partial charge in [-0.25, -0.2) is 0 Å². The fourth-order valence-corrected chi connectivity index (χ4v) is 8.29. The first kappa shape index (κ1) is 38.9. The van der Waals surface area contributed by atoms with Crippen molar-refractivity contribution in [2.24, 2.45) is 0 Å². The molecule has 1 aliphatic heterocycles. The first-order chi connectivity index (χ1) is 31.1. The highest BCUT2D eigenvalue weighted by molar-refractivity contribution is 5.85. The molecule has 0 fully saturated rings. The van der Waals surface area contributed by atoms with Crippen LogP contribution in [-0.2, 0) is 11.2 Å². The molecule has 1 amide bonds. The average Bonchev–Trinajstić information content (AvgIpc) is 4.20. The van der Waals surface area contributed by atoms with Gasteiger partial charge in [-0.15, -0.1) is 0 Å². The summed E-state index contributed by atoms with van der Waals surface area (Å²) in [5.41, 5.74) is 12.8. The number of aromatic amines is 5. The smallest absolute Gasteiger partial charge is 0.224 e. The highest BCUT2D eigenvalue weighted by atomic mass is 16.5. The molecule has 0 atom stereocenters. The second-order valence-corrected chi connectivity index (χ2v) is 15.3. The fraction of sp³-hybridized carbons (Fsp3) is 0.0962. The Hall–Kier alpha value is -8.31. The Morgan fingerprint density at radius 3 is 1.40 bits per heavy atom. The molecule has 8 heterocycles. The van der Waals surface area contributed by atoms with Crippen LogP contribution >= 0.6 is 0 Å². The molecule has 11 heteroatoms. The van der Waals surface area contributed by atoms with Crippen LogP contribution in [0.25, 0.3) is 22.3 Å². The number of hydrogen-bond acceptors (Lipinski definition) is 5. The summed E-state index contributed by atoms with van der Waals surface area (Å²) in [6.07, 6.45) is 12.0. The number of nitrogens with one attached hydrogen (secondary N) is 6. The Labute approximate surface area is 362 Å². The number of fused-ring (bicyclic) bond motifs is 8. The lowest BCUT2D eigenvalue weighted by Crippen LogP contribution is -2.26. The van der Waals surface area contributed by atoms with E-state index in [0.29, 0.717) is 26.0 Å². The molecule has 0 spiro atoms. The third-order valence-corrected chi connectivity index (χ3v) is 11.3. The standard InChI is InChI=1S/C52H44N8O3/c1-62-38-7-3-34(4-8-38)49-40-11-15-44(57-40)51(36-20-26-53-27-21-36)46-17-13-42(59-46)50(35-5-9-39(10-6-35)63-30-2-24-56-48(61)31-33-19-25-55-32-33)43-14-18-47(60-43)52(37-22-28-54-29-23-37)45-16-12-41(49)58-45/h3-23,25-29,32,55,57-60H,2,24,30-31H2,1H3,(H,56,61). The molecule has 11 nitrogen and oxygen atoms in total. The molecule has 1 aliphatic rings. The molecule has 0 unspecified atom stereocenters. The number of aromatic nitrogens is 7. The third kappa shape index (κ3) is 8.15. The van der Waals surface area contributed by atoms with Crippen molar-refractivity contribution in [2.75, 3.05) is 20.3 Å². The van der Waals surface area contributed by atoms with Gasteiger partial charge in [0.1, 0.15) is 11.5 Å². The number of hydrogen-bond donors (Lipinski definition) is 6. The first-order valence-corrected chi connectivity index (χ1v) is 20.9. The van der Waals surface area contributed by atoms with Gasteiger partial charge in [0.2, 0.25) is 5.91 Å². The molecule has 9 aromatic rings. The number of carbonyl (C=O) groups is 1. The summed E-state index contributed by atoms with van der Waals surface area (Å²) < 4.78 is 11.7. The molecule has 2 aromatic carbocycles. The quantitative estimate of drug-likeness (QED) is 0.0893. The second-order valence-electron chi connectivity index (χ2n) is 15.3. The van der Waals surface area contributed by atoms with Crippen molar-refractivity contribution in [3.8, 4) is 11.5 Å². The van der Waals surface area contributed by atoms with Crippen LogP contribution in [0.3, 0.4) is 0 Å². The normalized spacial score (nSPS) is 12.4. The van der Waals surface area contributed by atoms with Gasteiger partial charge in [-0.2, -0.15) is 0 Å². The molecule has 10 rings (SSSR count). The predicted molar refractivity (Wildman–Crippen MR) is 244 cm³/mol. The van der Waals surface area contributed by atoms with Gasteiger partial charge >= 0.3 is 0 Å². The Bertz CT molecular complexity index is 3270. The minimum atomic E-state index is -0.00570. The van der Waals surface area contributed by atoms with Crippen molar-refractivity contribution in [1.29, 1.82) is 0 Å². The van der Waals surface area contributed by atoms with Crippen LogP contribution in [0.2, 0.25) is 0 Å². The van der Waals surface area contributed by atoms with Gasteiger partial charge in [0.05, 0.1) is 20.1 Å². The van der Waals surface area contributed by atoms with Gasteiger partial charge in [0.25, 0.3) is 0 Å². The van der Waals surface area contributed by atoms with E-state index in [1.807, 2.05) is 91.8 Å². The molecular weight excluding hydrogens is 785 g/mol. The number of rotatable bonds is 12. The highest BCUT2D eigenvalue weighted by Gasteiger charge is 2.18. The van der Waals surface area contributed by atoms with E-state index >= 15 is 0 Å². The van der Waals surface area contributed by atoms with Crippen LogP contribution in [0.15, 0.2) is 165 Å². The zero-order chi connectivity index (χ0) is 42.5. The van der Waals surface area contributed by atoms with Crippen molar-refractivity contribution in [3.63, 3.8) is 0 Å². The number of amides is 1. The molecule has 0 radical (unpaired) electrons. The van der Waals surface area contributed by atoms with E-state index in [9.17, 15) is 4.79 Å². The van der Waals surface area contributed by atoms with Crippen molar-refractivity contribution in [2.45, 2.75) is 12.8 Å². The van der Waals surface area contributed by atoms with Crippen LogP contribution in [0.5, 0.6) is 11.5 Å². The molecule has 0 aliphatic carbocycles. The number of methoxy groups -OCH3 is 1. The fourth-order valence-electron chi connectivity index (χ4n) is 8.29. The third-order valence-electron chi connectivity index (χ3n) is 11.3. The van der Waals surface area contributed by atoms with Gasteiger partial charge in [-0.05, 0) is 137 Å². The number of nitrogens with zero attached hydrogens (tertiary/aromatic N) is 2. The molecule has 7 aromatic heterocycles. The molecule has 8 bridgehead atoms. The van der Waals surface area contributed by atoms with Gasteiger partial charge in [0.15, 0.2) is 0 Å². The van der Waals surface area contributed by atoms with Crippen LogP contribution in [0, 0.1) is 0 Å². The zero-order valence-electron chi connectivity index (χ0n) is 34.5. The van der Waals surface area contributed by atoms with Gasteiger partial charge in [0, 0.05) is 110 Å². The second kappa shape index (κ2) is 17.3. The molecule has 6 N–H and O–H groups in total. The van der Waals surface area contributed by atoms with Crippen molar-refractivity contribution >= 4 is 28.2 Å². The lowest BCUT2D eigenvalue weighted by molar-refractivity contribution is -0.120. The maximum Gasteiger partial charge on any atom is 0.224 e. The summed E-state index contributed by atoms with van der Waals surface area (Å²) in [7, 11) is 1.68. The lowest BCUT2D eigenvalue weighted by atomic mass is 10.0. The predicted octanol–water partition coefficient (Wildman–Crippen LogP) is 5.56. The van der Waals surface area contributed by atoms with Crippen molar-refractivity contribution in [3.05, 3.63) is 237 Å². The Morgan fingerprint density at radius 1 is 0.524 bits per heavy atom. The summed E-state index contributed by atoms with van der Waals surface area (Å²) in [5, 5.41) is 6.76. The van der Waals surface area contributed by atoms with E-state index in [0.717, 1.165) is 106 Å². The van der Waals surface area contributed by atoms with Crippen molar-refractivity contribution < 1.29 is 14.3 Å². The average molecular weight is 829 g/mol. The summed E-state index contributed by atoms with van der Waals surface area (Å²) in [6.45, 7) is 1.01. The summed E-state index contributed by atoms with van der Waals surface area (Å²) >= 11 is 0. The summed E-state index contributed by atoms with van der Waals surface area (Å²) in [6, 6.07) is 43.5. The topological polar surface area (TPSA) is 152 Å². The number of H-pyrrole nitrogens is 5. The Balaban J connectivity index is 1.10. The maximum absolute atomic E-state index is 12.3. The number of ether oxygens (including phenoxy) is 2. The van der Waals surface area contributed by atoms with Crippen LogP contribution in [0.4, 0.5) is 0 Å². The van der Waals surface area contributed by atoms with Gasteiger partial charge in [-0.1, -0.05) is 24.3 Å². The monoisotopic (exact) mass is 828 g/mol. The Kier molecular flexibility index (Phi) is 10.7. The largest absolute Gasteiger partial charge is 0.497 e. The zero-order valence-corrected chi connectivity index (χ0v) is 34.5. The van der Waals surface area contributed by atoms with Crippen LogP contribution < -0.4 is 36.2 Å². The highest BCUT2D eigenvalue weighted by Crippen LogP contribution is 2.29. The van der Waals surface area contributed by atoms with Gasteiger partial charge < -0.3 is 39.7 Å². The molecule has 0 saturated carbocycles. The van der Waals surface area contributed by atoms with E-state index in [4.69, 9.17) is 9.47 Å². The molecule has 0 saturated heterocycles. The lowest BCUT2D eigenvalue weighted by Gasteiger charge is -2.11. The maximum atomic E-state index is 12.3. The summed E-state index contributed by atoms with van der Waals surface area (Å²) in [4.78, 5) is 39.3. The first-order valence-electron chi connectivity index (χ1n) is 20.9. The van der Waals surface area contributed by atoms with E-state index < -0.39 is 0 Å². The number of carbonyl (C=O) groups excluding carboxylic acids is 1. The van der Waals surface area contributed by atoms with Crippen LogP contribution in [-0.4, -0.2) is 61.1 Å². The van der Waals surface area contributed by atoms with E-state index in [-0.39, 0.29) is 5.91 Å². The van der Waals surface area contributed by atoms with E-state index in [1.165, 1.54) is 0 Å². The Morgan fingerprint density at radius 2 is 0.968 bits per heavy atom. The van der Waals surface area contributed by atoms with E-state index in [1.54, 1.807) is 7.11 Å². The minimum absolute atomic E-state index is 0.00570. The number of pyridine rings is 2. The molecular formula is C52H44N8O3. The SMILES string of the molecule is COc1ccc(C2=c3ccc([nH]3)=C(c3ccncc3)c3ccc([nH]3)C(c3ccc(OCCCNC(=O)Cc4cc[nH]c4)cc3)=c3ccc([nH]3)=C(c3ccncc3)c3ccc2[nH]3)cc1. The minimum Gasteiger partial charge on any atom is -0.497 e. The van der Waals surface area contributed by atoms with Gasteiger partial charge in [-0.3, -0.25) is 14.8 Å². The molecule has 63 heavy (non-hydrogen) atoms. The van der Waals surface area contributed by atoms with E-state index in [2.05, 4.69) is 113 Å². The summed E-state index contributed by atoms with van der Waals surface area (Å²) in [5.74, 6) is 1.54. The van der Waals surface area contributed by atoms with Crippen molar-refractivity contribution in [1.82, 2.24) is 40.2 Å².